The van der Waals surface area contributed by atoms with Gasteiger partial charge in [-0.1, -0.05) is 18.2 Å². The second-order valence-electron chi connectivity index (χ2n) is 5.76. The van der Waals surface area contributed by atoms with Crippen LogP contribution in [0.25, 0.3) is 17.1 Å². The molecule has 1 unspecified atom stereocenters. The Labute approximate surface area is 152 Å². The zero-order valence-electron chi connectivity index (χ0n) is 14.3. The number of hydrogen-bond acceptors (Lipinski definition) is 4. The van der Waals surface area contributed by atoms with Crippen molar-refractivity contribution in [3.05, 3.63) is 70.4 Å². The SMILES string of the molecule is CC(OC(=O)C=Cc1ccccc1F)C(=O)Nc1ccc2[nH]c(=O)[nH]c2c1. The average molecular weight is 369 g/mol. The first kappa shape index (κ1) is 18.1. The number of fused-ring (bicyclic) bond motifs is 1. The second kappa shape index (κ2) is 7.69. The number of carbonyl (C=O) groups excluding carboxylic acids is 2. The third-order valence-corrected chi connectivity index (χ3v) is 3.75. The fraction of sp³-hybridized carbons (Fsp3) is 0.105. The van der Waals surface area contributed by atoms with E-state index in [1.54, 1.807) is 24.3 Å². The molecule has 0 bridgehead atoms. The van der Waals surface area contributed by atoms with Gasteiger partial charge < -0.3 is 20.0 Å². The zero-order chi connectivity index (χ0) is 19.4. The van der Waals surface area contributed by atoms with Crippen molar-refractivity contribution in [2.24, 2.45) is 0 Å². The van der Waals surface area contributed by atoms with Gasteiger partial charge in [-0.05, 0) is 37.3 Å². The summed E-state index contributed by atoms with van der Waals surface area (Å²) in [6.07, 6.45) is 1.26. The lowest BCUT2D eigenvalue weighted by Gasteiger charge is -2.12. The number of halogens is 1. The van der Waals surface area contributed by atoms with E-state index < -0.39 is 23.8 Å². The van der Waals surface area contributed by atoms with Crippen LogP contribution in [0.15, 0.2) is 53.3 Å². The van der Waals surface area contributed by atoms with Crippen LogP contribution in [0.4, 0.5) is 10.1 Å². The average Bonchev–Trinajstić information content (AvgIpc) is 3.00. The van der Waals surface area contributed by atoms with Crippen molar-refractivity contribution in [2.75, 3.05) is 5.32 Å². The minimum atomic E-state index is -1.07. The maximum absolute atomic E-state index is 13.5. The van der Waals surface area contributed by atoms with Gasteiger partial charge in [0.15, 0.2) is 6.10 Å². The highest BCUT2D eigenvalue weighted by atomic mass is 19.1. The van der Waals surface area contributed by atoms with Crippen LogP contribution in [-0.2, 0) is 14.3 Å². The lowest BCUT2D eigenvalue weighted by atomic mass is 10.2. The highest BCUT2D eigenvalue weighted by Crippen LogP contribution is 2.15. The van der Waals surface area contributed by atoms with Crippen LogP contribution in [0.5, 0.6) is 0 Å². The molecule has 27 heavy (non-hydrogen) atoms. The van der Waals surface area contributed by atoms with Gasteiger partial charge in [-0.3, -0.25) is 4.79 Å². The number of hydrogen-bond donors (Lipinski definition) is 3. The first-order chi connectivity index (χ1) is 12.9. The molecular formula is C19H16FN3O4. The van der Waals surface area contributed by atoms with Gasteiger partial charge in [-0.2, -0.15) is 0 Å². The van der Waals surface area contributed by atoms with Crippen LogP contribution in [0, 0.1) is 5.82 Å². The van der Waals surface area contributed by atoms with E-state index in [-0.39, 0.29) is 11.3 Å². The highest BCUT2D eigenvalue weighted by Gasteiger charge is 2.17. The number of nitrogens with one attached hydrogen (secondary N) is 3. The summed E-state index contributed by atoms with van der Waals surface area (Å²) in [6, 6.07) is 10.8. The first-order valence-corrected chi connectivity index (χ1v) is 8.08. The lowest BCUT2D eigenvalue weighted by Crippen LogP contribution is -2.29. The minimum Gasteiger partial charge on any atom is -0.449 e. The third-order valence-electron chi connectivity index (χ3n) is 3.75. The molecule has 1 aromatic heterocycles. The smallest absolute Gasteiger partial charge is 0.331 e. The van der Waals surface area contributed by atoms with Crippen molar-refractivity contribution in [1.29, 1.82) is 0 Å². The van der Waals surface area contributed by atoms with Crippen molar-refractivity contribution in [3.63, 3.8) is 0 Å². The summed E-state index contributed by atoms with van der Waals surface area (Å²) < 4.78 is 18.5. The Morgan fingerprint density at radius 2 is 1.89 bits per heavy atom. The van der Waals surface area contributed by atoms with E-state index in [2.05, 4.69) is 15.3 Å². The van der Waals surface area contributed by atoms with Gasteiger partial charge in [0.2, 0.25) is 0 Å². The van der Waals surface area contributed by atoms with Crippen molar-refractivity contribution < 1.29 is 18.7 Å². The number of H-pyrrole nitrogens is 2. The van der Waals surface area contributed by atoms with Crippen LogP contribution in [0.3, 0.4) is 0 Å². The Bertz CT molecular complexity index is 1080. The number of carbonyl (C=O) groups is 2. The summed E-state index contributed by atoms with van der Waals surface area (Å²) in [6.45, 7) is 1.42. The van der Waals surface area contributed by atoms with Crippen LogP contribution >= 0.6 is 0 Å². The van der Waals surface area contributed by atoms with Crippen molar-refractivity contribution in [1.82, 2.24) is 9.97 Å². The molecule has 0 aliphatic carbocycles. The van der Waals surface area contributed by atoms with E-state index in [9.17, 15) is 18.8 Å². The fourth-order valence-electron chi connectivity index (χ4n) is 2.39. The summed E-state index contributed by atoms with van der Waals surface area (Å²) in [5.74, 6) is -1.78. The third kappa shape index (κ3) is 4.49. The molecule has 8 heteroatoms. The maximum atomic E-state index is 13.5. The number of aromatic nitrogens is 2. The normalized spacial score (nSPS) is 12.2. The molecule has 0 aliphatic heterocycles. The number of rotatable bonds is 5. The summed E-state index contributed by atoms with van der Waals surface area (Å²) in [7, 11) is 0. The quantitative estimate of drug-likeness (QED) is 0.475. The molecule has 1 atom stereocenters. The number of imidazole rings is 1. The summed E-state index contributed by atoms with van der Waals surface area (Å²) in [5, 5.41) is 2.60. The Kier molecular flexibility index (Phi) is 5.16. The van der Waals surface area contributed by atoms with Crippen molar-refractivity contribution in [3.8, 4) is 0 Å². The monoisotopic (exact) mass is 369 g/mol. The summed E-state index contributed by atoms with van der Waals surface area (Å²) >= 11 is 0. The highest BCUT2D eigenvalue weighted by molar-refractivity contribution is 5.97. The molecule has 3 N–H and O–H groups in total. The van der Waals surface area contributed by atoms with Gasteiger partial charge in [0.25, 0.3) is 5.91 Å². The van der Waals surface area contributed by atoms with Gasteiger partial charge >= 0.3 is 11.7 Å². The van der Waals surface area contributed by atoms with Gasteiger partial charge in [0, 0.05) is 17.3 Å². The number of amides is 1. The Morgan fingerprint density at radius 3 is 2.67 bits per heavy atom. The number of anilines is 1. The molecule has 3 aromatic rings. The minimum absolute atomic E-state index is 0.236. The molecule has 7 nitrogen and oxygen atoms in total. The second-order valence-corrected chi connectivity index (χ2v) is 5.76. The van der Waals surface area contributed by atoms with Crippen molar-refractivity contribution in [2.45, 2.75) is 13.0 Å². The number of ether oxygens (including phenoxy) is 1. The van der Waals surface area contributed by atoms with Crippen LogP contribution in [-0.4, -0.2) is 27.9 Å². The number of esters is 1. The molecule has 0 saturated carbocycles. The van der Waals surface area contributed by atoms with E-state index in [0.717, 1.165) is 6.08 Å². The predicted molar refractivity (Wildman–Crippen MR) is 98.5 cm³/mol. The topological polar surface area (TPSA) is 104 Å². The molecule has 1 amide bonds. The van der Waals surface area contributed by atoms with E-state index in [1.165, 1.54) is 31.2 Å². The van der Waals surface area contributed by atoms with Gasteiger partial charge in [0.1, 0.15) is 5.82 Å². The van der Waals surface area contributed by atoms with Crippen molar-refractivity contribution >= 4 is 34.7 Å². The van der Waals surface area contributed by atoms with Gasteiger partial charge in [0.05, 0.1) is 11.0 Å². The van der Waals surface area contributed by atoms with E-state index >= 15 is 0 Å². The molecule has 0 spiro atoms. The van der Waals surface area contributed by atoms with Gasteiger partial charge in [-0.15, -0.1) is 0 Å². The van der Waals surface area contributed by atoms with E-state index in [4.69, 9.17) is 4.74 Å². The molecule has 0 saturated heterocycles. The van der Waals surface area contributed by atoms with Crippen LogP contribution in [0.1, 0.15) is 12.5 Å². The largest absolute Gasteiger partial charge is 0.449 e. The molecule has 0 radical (unpaired) electrons. The predicted octanol–water partition coefficient (Wildman–Crippen LogP) is 2.58. The standard InChI is InChI=1S/C19H16FN3O4/c1-11(27-17(24)9-6-12-4-2-3-5-14(12)20)18(25)21-13-7-8-15-16(10-13)23-19(26)22-15/h2-11H,1H3,(H,21,25)(H2,22,23,26). The summed E-state index contributed by atoms with van der Waals surface area (Å²) in [5.41, 5.74) is 1.47. The number of aromatic amines is 2. The van der Waals surface area contributed by atoms with Gasteiger partial charge in [-0.25, -0.2) is 14.0 Å². The first-order valence-electron chi connectivity index (χ1n) is 8.08. The molecule has 0 aliphatic rings. The van der Waals surface area contributed by atoms with E-state index in [1.807, 2.05) is 0 Å². The Balaban J connectivity index is 1.60. The summed E-state index contributed by atoms with van der Waals surface area (Å²) in [4.78, 5) is 40.4. The van der Waals surface area contributed by atoms with E-state index in [0.29, 0.717) is 16.7 Å². The molecule has 1 heterocycles. The number of benzene rings is 2. The molecule has 3 rings (SSSR count). The Hall–Kier alpha value is -3.68. The molecule has 138 valence electrons. The maximum Gasteiger partial charge on any atom is 0.331 e. The Morgan fingerprint density at radius 1 is 1.15 bits per heavy atom. The van der Waals surface area contributed by atoms with Crippen LogP contribution in [0.2, 0.25) is 0 Å². The molecule has 2 aromatic carbocycles. The lowest BCUT2D eigenvalue weighted by molar-refractivity contribution is -0.148. The molecular weight excluding hydrogens is 353 g/mol. The van der Waals surface area contributed by atoms with Crippen LogP contribution < -0.4 is 11.0 Å². The zero-order valence-corrected chi connectivity index (χ0v) is 14.3. The fourth-order valence-corrected chi connectivity index (χ4v) is 2.39. The molecule has 0 fully saturated rings.